The van der Waals surface area contributed by atoms with Crippen LogP contribution in [0, 0.1) is 12.3 Å². The lowest BCUT2D eigenvalue weighted by atomic mass is 9.97. The average Bonchev–Trinajstić information content (AvgIpc) is 3.63. The molecule has 2 aliphatic rings. The molecule has 4 N–H and O–H groups in total. The van der Waals surface area contributed by atoms with Crippen molar-refractivity contribution in [3.05, 3.63) is 93.7 Å². The van der Waals surface area contributed by atoms with Gasteiger partial charge in [-0.2, -0.15) is 13.1 Å². The Bertz CT molecular complexity index is 2250. The average molecular weight is 609 g/mol. The first-order valence-electron chi connectivity index (χ1n) is 13.7. The van der Waals surface area contributed by atoms with Crippen LogP contribution in [0.1, 0.15) is 57.8 Å². The van der Waals surface area contributed by atoms with Gasteiger partial charge in [-0.05, 0) is 50.1 Å². The Balaban J connectivity index is 1.38. The third-order valence-corrected chi connectivity index (χ3v) is 8.63. The van der Waals surface area contributed by atoms with Gasteiger partial charge in [-0.15, -0.1) is 11.5 Å². The van der Waals surface area contributed by atoms with Crippen molar-refractivity contribution < 1.29 is 18.0 Å². The molecule has 0 spiro atoms. The monoisotopic (exact) mass is 608 g/mol. The number of hydrogen-bond donors (Lipinski definition) is 4. The molecule has 1 atom stereocenters. The van der Waals surface area contributed by atoms with E-state index in [0.717, 1.165) is 0 Å². The Morgan fingerprint density at radius 2 is 1.89 bits per heavy atom. The lowest BCUT2D eigenvalue weighted by Gasteiger charge is -2.23. The van der Waals surface area contributed by atoms with Crippen molar-refractivity contribution in [3.8, 4) is 18.0 Å². The summed E-state index contributed by atoms with van der Waals surface area (Å²) in [4.78, 5) is 45.8. The molecule has 13 nitrogen and oxygen atoms in total. The number of carbonyl (C=O) groups is 2. The third kappa shape index (κ3) is 4.46. The van der Waals surface area contributed by atoms with Crippen molar-refractivity contribution in [3.63, 3.8) is 0 Å². The minimum atomic E-state index is -4.04. The standard InChI is InChI=1S/C30H24N8O5S/c1-3-17-10-13-20-22-21(17)30(41)38(19-8-5-4-6-9-19)25(23(22)28(39)33-20)16(2)32-29(40)24-26(34-37-15-7-14-31-27(24)37)36-44(42,43)35-18-11-12-18/h1,4-10,13-16,18,35H,11-12H2,2H3,(H,32,40)(H,33,39)(H,34,36)/t16-/m0/s1. The van der Waals surface area contributed by atoms with E-state index in [0.29, 0.717) is 35.2 Å². The largest absolute Gasteiger partial charge is 0.344 e. The van der Waals surface area contributed by atoms with Crippen LogP contribution in [0.5, 0.6) is 0 Å². The van der Waals surface area contributed by atoms with Gasteiger partial charge in [0.05, 0.1) is 28.4 Å². The highest BCUT2D eigenvalue weighted by Crippen LogP contribution is 2.38. The molecule has 1 saturated carbocycles. The summed E-state index contributed by atoms with van der Waals surface area (Å²) in [6.45, 7) is 1.63. The number of hydrogen-bond acceptors (Lipinski definition) is 7. The van der Waals surface area contributed by atoms with Gasteiger partial charge < -0.3 is 10.6 Å². The molecule has 4 heterocycles. The molecule has 2 amide bonds. The third-order valence-electron chi connectivity index (χ3n) is 7.52. The first kappa shape index (κ1) is 27.3. The molecule has 7 rings (SSSR count). The molecule has 1 fully saturated rings. The second-order valence-corrected chi connectivity index (χ2v) is 12.0. The fraction of sp³-hybridized carbons (Fsp3) is 0.167. The number of benzene rings is 2. The minimum absolute atomic E-state index is 0.100. The van der Waals surface area contributed by atoms with Crippen molar-refractivity contribution >= 4 is 49.9 Å². The predicted octanol–water partition coefficient (Wildman–Crippen LogP) is 2.48. The molecule has 220 valence electrons. The van der Waals surface area contributed by atoms with Crippen LogP contribution in [-0.2, 0) is 10.2 Å². The minimum Gasteiger partial charge on any atom is -0.344 e. The molecule has 0 radical (unpaired) electrons. The van der Waals surface area contributed by atoms with E-state index in [1.54, 1.807) is 55.5 Å². The van der Waals surface area contributed by atoms with Crippen LogP contribution in [0.4, 0.5) is 11.5 Å². The summed E-state index contributed by atoms with van der Waals surface area (Å²) in [7, 11) is -4.04. The summed E-state index contributed by atoms with van der Waals surface area (Å²) < 4.78 is 33.0. The van der Waals surface area contributed by atoms with Crippen molar-refractivity contribution in [1.82, 2.24) is 29.2 Å². The zero-order chi connectivity index (χ0) is 30.7. The predicted molar refractivity (Wildman–Crippen MR) is 163 cm³/mol. The van der Waals surface area contributed by atoms with E-state index >= 15 is 0 Å². The number of terminal acetylenes is 1. The van der Waals surface area contributed by atoms with Gasteiger partial charge >= 0.3 is 10.2 Å². The van der Waals surface area contributed by atoms with Crippen LogP contribution in [0.15, 0.2) is 65.7 Å². The Morgan fingerprint density at radius 1 is 1.11 bits per heavy atom. The summed E-state index contributed by atoms with van der Waals surface area (Å²) in [5.74, 6) is 1.12. The maximum Gasteiger partial charge on any atom is 0.300 e. The van der Waals surface area contributed by atoms with E-state index in [1.165, 1.54) is 21.5 Å². The van der Waals surface area contributed by atoms with Gasteiger partial charge in [0.25, 0.3) is 17.4 Å². The van der Waals surface area contributed by atoms with Crippen LogP contribution < -0.4 is 25.6 Å². The summed E-state index contributed by atoms with van der Waals surface area (Å²) in [5.41, 5.74) is 1.13. The number of nitrogens with zero attached hydrogens (tertiary/aromatic N) is 4. The van der Waals surface area contributed by atoms with Gasteiger partial charge in [0.15, 0.2) is 11.5 Å². The highest BCUT2D eigenvalue weighted by Gasteiger charge is 2.35. The van der Waals surface area contributed by atoms with Gasteiger partial charge in [0.2, 0.25) is 0 Å². The molecule has 3 aromatic heterocycles. The van der Waals surface area contributed by atoms with E-state index in [4.69, 9.17) is 6.42 Å². The van der Waals surface area contributed by atoms with Crippen LogP contribution in [0.25, 0.3) is 22.1 Å². The molecule has 2 aromatic carbocycles. The van der Waals surface area contributed by atoms with Crippen molar-refractivity contribution in [2.45, 2.75) is 31.8 Å². The number of amides is 2. The number of nitrogens with one attached hydrogen (secondary N) is 4. The second kappa shape index (κ2) is 10.0. The van der Waals surface area contributed by atoms with Crippen molar-refractivity contribution in [2.24, 2.45) is 0 Å². The summed E-state index contributed by atoms with van der Waals surface area (Å²) in [6, 6.07) is 12.4. The lowest BCUT2D eigenvalue weighted by molar-refractivity contribution is 0.0937. The van der Waals surface area contributed by atoms with Crippen LogP contribution >= 0.6 is 0 Å². The molecule has 5 aromatic rings. The highest BCUT2D eigenvalue weighted by molar-refractivity contribution is 7.90. The summed E-state index contributed by atoms with van der Waals surface area (Å²) in [6.07, 6.45) is 10.2. The van der Waals surface area contributed by atoms with E-state index in [-0.39, 0.29) is 39.7 Å². The van der Waals surface area contributed by atoms with Gasteiger partial charge in [-0.3, -0.25) is 23.7 Å². The molecule has 0 bridgehead atoms. The lowest BCUT2D eigenvalue weighted by Crippen LogP contribution is -2.35. The number of pyridine rings is 1. The Morgan fingerprint density at radius 3 is 2.61 bits per heavy atom. The summed E-state index contributed by atoms with van der Waals surface area (Å²) in [5, 5.41) is 10.5. The normalized spacial score (nSPS) is 14.8. The second-order valence-electron chi connectivity index (χ2n) is 10.5. The molecule has 1 aliphatic carbocycles. The molecule has 0 saturated heterocycles. The highest BCUT2D eigenvalue weighted by atomic mass is 32.2. The molecule has 14 heteroatoms. The first-order valence-corrected chi connectivity index (χ1v) is 15.2. The summed E-state index contributed by atoms with van der Waals surface area (Å²) >= 11 is 0. The van der Waals surface area contributed by atoms with Gasteiger partial charge in [-0.25, -0.2) is 9.50 Å². The zero-order valence-electron chi connectivity index (χ0n) is 23.2. The van der Waals surface area contributed by atoms with E-state index in [1.807, 2.05) is 0 Å². The smallest absolute Gasteiger partial charge is 0.300 e. The topological polar surface area (TPSA) is 169 Å². The van der Waals surface area contributed by atoms with Crippen LogP contribution in [0.2, 0.25) is 0 Å². The molecular weight excluding hydrogens is 584 g/mol. The Kier molecular flexibility index (Phi) is 6.23. The Labute approximate surface area is 250 Å². The molecule has 1 aliphatic heterocycles. The SMILES string of the molecule is C#Cc1ccc2c3c(c([C@H](C)NC(=O)c4c(NS(=O)(=O)NC5CC5)nn5cccnc45)n(-c4ccccc4)c(=O)c13)C(=O)N2. The quantitative estimate of drug-likeness (QED) is 0.196. The van der Waals surface area contributed by atoms with E-state index in [2.05, 4.69) is 36.1 Å². The van der Waals surface area contributed by atoms with Gasteiger partial charge in [0, 0.05) is 35.1 Å². The molecular formula is C30H24N8O5S. The van der Waals surface area contributed by atoms with Crippen molar-refractivity contribution in [2.75, 3.05) is 10.0 Å². The Hall–Kier alpha value is -5.52. The number of anilines is 2. The number of carbonyl (C=O) groups excluding carboxylic acids is 2. The molecule has 44 heavy (non-hydrogen) atoms. The van der Waals surface area contributed by atoms with Gasteiger partial charge in [-0.1, -0.05) is 24.1 Å². The van der Waals surface area contributed by atoms with Crippen LogP contribution in [0.3, 0.4) is 0 Å². The van der Waals surface area contributed by atoms with Crippen LogP contribution in [-0.4, -0.2) is 45.4 Å². The maximum atomic E-state index is 14.2. The fourth-order valence-corrected chi connectivity index (χ4v) is 6.64. The molecule has 0 unspecified atom stereocenters. The number of fused-ring (bicyclic) bond motifs is 1. The van der Waals surface area contributed by atoms with E-state index < -0.39 is 33.6 Å². The van der Waals surface area contributed by atoms with Crippen molar-refractivity contribution in [1.29, 1.82) is 0 Å². The van der Waals surface area contributed by atoms with Gasteiger partial charge in [0.1, 0.15) is 5.56 Å². The maximum absolute atomic E-state index is 14.2. The first-order chi connectivity index (χ1) is 21.2. The number of rotatable bonds is 8. The fourth-order valence-electron chi connectivity index (χ4n) is 5.51. The number of para-hydroxylation sites is 1. The number of aromatic nitrogens is 4. The van der Waals surface area contributed by atoms with E-state index in [9.17, 15) is 22.8 Å². The zero-order valence-corrected chi connectivity index (χ0v) is 24.0.